The summed E-state index contributed by atoms with van der Waals surface area (Å²) >= 11 is 0. The molecule has 3 N–H and O–H groups in total. The van der Waals surface area contributed by atoms with Crippen molar-refractivity contribution < 1.29 is 14.6 Å². The number of aliphatic carboxylic acids is 1. The van der Waals surface area contributed by atoms with Crippen molar-refractivity contribution in [1.82, 2.24) is 19.7 Å². The number of aromatic nitrogens is 4. The first-order chi connectivity index (χ1) is 11.2. The van der Waals surface area contributed by atoms with Gasteiger partial charge in [-0.15, -0.1) is 0 Å². The smallest absolute Gasteiger partial charge is 0.325 e. The van der Waals surface area contributed by atoms with Gasteiger partial charge in [-0.2, -0.15) is 5.10 Å². The van der Waals surface area contributed by atoms with Gasteiger partial charge in [0, 0.05) is 37.0 Å². The number of carboxylic acids is 1. The third kappa shape index (κ3) is 3.32. The summed E-state index contributed by atoms with van der Waals surface area (Å²) in [7, 11) is 1.64. The summed E-state index contributed by atoms with van der Waals surface area (Å²) in [4.78, 5) is 18.4. The van der Waals surface area contributed by atoms with Crippen LogP contribution in [0.15, 0.2) is 30.7 Å². The summed E-state index contributed by atoms with van der Waals surface area (Å²) in [5.74, 6) is -0.207. The van der Waals surface area contributed by atoms with Gasteiger partial charge >= 0.3 is 5.97 Å². The summed E-state index contributed by atoms with van der Waals surface area (Å²) in [6.07, 6.45) is 5.19. The van der Waals surface area contributed by atoms with E-state index in [9.17, 15) is 4.79 Å². The zero-order chi connectivity index (χ0) is 16.2. The van der Waals surface area contributed by atoms with Crippen LogP contribution in [0.4, 0.5) is 5.82 Å². The molecule has 0 atom stereocenters. The van der Waals surface area contributed by atoms with Gasteiger partial charge < -0.3 is 20.1 Å². The van der Waals surface area contributed by atoms with Crippen LogP contribution in [0.2, 0.25) is 0 Å². The highest BCUT2D eigenvalue weighted by Crippen LogP contribution is 2.29. The van der Waals surface area contributed by atoms with Crippen LogP contribution in [-0.2, 0) is 16.1 Å². The number of fused-ring (bicyclic) bond motifs is 1. The van der Waals surface area contributed by atoms with Crippen molar-refractivity contribution in [3.05, 3.63) is 30.7 Å². The molecule has 8 nitrogen and oxygen atoms in total. The lowest BCUT2D eigenvalue weighted by Crippen LogP contribution is -2.09. The minimum absolute atomic E-state index is 0.166. The normalized spacial score (nSPS) is 11.0. The predicted molar refractivity (Wildman–Crippen MR) is 85.3 cm³/mol. The van der Waals surface area contributed by atoms with Gasteiger partial charge in [-0.3, -0.25) is 9.48 Å². The number of methoxy groups -OCH3 is 1. The Bertz CT molecular complexity index is 823. The summed E-state index contributed by atoms with van der Waals surface area (Å²) in [6, 6.07) is 3.86. The zero-order valence-electron chi connectivity index (χ0n) is 12.6. The van der Waals surface area contributed by atoms with Crippen LogP contribution in [0, 0.1) is 0 Å². The third-order valence-electron chi connectivity index (χ3n) is 3.38. The van der Waals surface area contributed by atoms with E-state index in [-0.39, 0.29) is 6.54 Å². The fraction of sp³-hybridized carbons (Fsp3) is 0.267. The maximum atomic E-state index is 10.8. The SMILES string of the molecule is COCCNc1cc(-c2cnn(CC(=O)O)c2)c2cc[nH]c2n1. The van der Waals surface area contributed by atoms with Crippen LogP contribution in [0.3, 0.4) is 0 Å². The number of ether oxygens (including phenoxy) is 1. The standard InChI is InChI=1S/C15H17N5O3/c1-23-5-4-16-13-6-12(11-2-3-17-15(11)19-13)10-7-18-20(8-10)9-14(21)22/h2-3,6-8H,4-5,9H2,1H3,(H,21,22)(H2,16,17,19). The van der Waals surface area contributed by atoms with Gasteiger partial charge in [0.2, 0.25) is 0 Å². The molecule has 8 heteroatoms. The summed E-state index contributed by atoms with van der Waals surface area (Å²) in [6.45, 7) is 1.06. The van der Waals surface area contributed by atoms with Crippen molar-refractivity contribution in [3.63, 3.8) is 0 Å². The topological polar surface area (TPSA) is 105 Å². The molecule has 3 heterocycles. The minimum Gasteiger partial charge on any atom is -0.480 e. The van der Waals surface area contributed by atoms with Crippen molar-refractivity contribution in [2.24, 2.45) is 0 Å². The molecule has 3 aromatic rings. The quantitative estimate of drug-likeness (QED) is 0.572. The van der Waals surface area contributed by atoms with E-state index < -0.39 is 5.97 Å². The largest absolute Gasteiger partial charge is 0.480 e. The molecule has 0 aliphatic carbocycles. The van der Waals surface area contributed by atoms with Gasteiger partial charge in [0.1, 0.15) is 18.0 Å². The Hall–Kier alpha value is -2.87. The lowest BCUT2D eigenvalue weighted by atomic mass is 10.1. The molecule has 3 rings (SSSR count). The van der Waals surface area contributed by atoms with Crippen molar-refractivity contribution in [2.45, 2.75) is 6.54 Å². The molecule has 0 aliphatic heterocycles. The molecule has 0 spiro atoms. The highest BCUT2D eigenvalue weighted by Gasteiger charge is 2.11. The lowest BCUT2D eigenvalue weighted by molar-refractivity contribution is -0.137. The number of hydrogen-bond donors (Lipinski definition) is 3. The van der Waals surface area contributed by atoms with Gasteiger partial charge in [0.15, 0.2) is 0 Å². The molecule has 0 saturated heterocycles. The van der Waals surface area contributed by atoms with Crippen LogP contribution in [-0.4, -0.2) is 51.1 Å². The van der Waals surface area contributed by atoms with E-state index in [1.165, 1.54) is 4.68 Å². The predicted octanol–water partition coefficient (Wildman–Crippen LogP) is 1.57. The second kappa shape index (κ2) is 6.49. The maximum Gasteiger partial charge on any atom is 0.325 e. The van der Waals surface area contributed by atoms with E-state index in [1.54, 1.807) is 19.5 Å². The summed E-state index contributed by atoms with van der Waals surface area (Å²) < 4.78 is 6.42. The van der Waals surface area contributed by atoms with Gasteiger partial charge in [-0.1, -0.05) is 0 Å². The Morgan fingerprint density at radius 3 is 3.17 bits per heavy atom. The zero-order valence-corrected chi connectivity index (χ0v) is 12.6. The van der Waals surface area contributed by atoms with Gasteiger partial charge in [-0.25, -0.2) is 4.98 Å². The average molecular weight is 315 g/mol. The number of anilines is 1. The first kappa shape index (κ1) is 15.0. The lowest BCUT2D eigenvalue weighted by Gasteiger charge is -2.08. The van der Waals surface area contributed by atoms with E-state index in [0.717, 1.165) is 28.0 Å². The third-order valence-corrected chi connectivity index (χ3v) is 3.38. The molecule has 0 radical (unpaired) electrons. The van der Waals surface area contributed by atoms with E-state index >= 15 is 0 Å². The summed E-state index contributed by atoms with van der Waals surface area (Å²) in [5, 5.41) is 17.1. The summed E-state index contributed by atoms with van der Waals surface area (Å²) in [5.41, 5.74) is 2.54. The molecule has 0 aromatic carbocycles. The molecule has 120 valence electrons. The number of nitrogens with zero attached hydrogens (tertiary/aromatic N) is 3. The Morgan fingerprint density at radius 2 is 2.39 bits per heavy atom. The molecule has 0 unspecified atom stereocenters. The average Bonchev–Trinajstić information content (AvgIpc) is 3.15. The molecule has 23 heavy (non-hydrogen) atoms. The molecular weight excluding hydrogens is 298 g/mol. The molecule has 0 saturated carbocycles. The fourth-order valence-corrected chi connectivity index (χ4v) is 2.38. The van der Waals surface area contributed by atoms with Crippen molar-refractivity contribution in [3.8, 4) is 11.1 Å². The Balaban J connectivity index is 1.96. The fourth-order valence-electron chi connectivity index (χ4n) is 2.38. The molecule has 0 aliphatic rings. The van der Waals surface area contributed by atoms with Gasteiger partial charge in [0.05, 0.1) is 12.8 Å². The number of nitrogens with one attached hydrogen (secondary N) is 2. The van der Waals surface area contributed by atoms with E-state index in [0.29, 0.717) is 13.2 Å². The monoisotopic (exact) mass is 315 g/mol. The van der Waals surface area contributed by atoms with Crippen molar-refractivity contribution >= 4 is 22.8 Å². The number of pyridine rings is 1. The van der Waals surface area contributed by atoms with Crippen LogP contribution in [0.1, 0.15) is 0 Å². The highest BCUT2D eigenvalue weighted by atomic mass is 16.5. The maximum absolute atomic E-state index is 10.8. The van der Waals surface area contributed by atoms with Crippen molar-refractivity contribution in [1.29, 1.82) is 0 Å². The highest BCUT2D eigenvalue weighted by molar-refractivity contribution is 5.94. The van der Waals surface area contributed by atoms with E-state index in [1.807, 2.05) is 18.3 Å². The Morgan fingerprint density at radius 1 is 1.52 bits per heavy atom. The number of hydrogen-bond acceptors (Lipinski definition) is 5. The second-order valence-corrected chi connectivity index (χ2v) is 5.03. The minimum atomic E-state index is -0.928. The second-order valence-electron chi connectivity index (χ2n) is 5.03. The van der Waals surface area contributed by atoms with E-state index in [2.05, 4.69) is 20.4 Å². The van der Waals surface area contributed by atoms with Crippen LogP contribution in [0.5, 0.6) is 0 Å². The molecule has 0 amide bonds. The van der Waals surface area contributed by atoms with Gasteiger partial charge in [-0.05, 0) is 17.7 Å². The Labute approximate surface area is 132 Å². The van der Waals surface area contributed by atoms with Crippen LogP contribution < -0.4 is 5.32 Å². The number of carbonyl (C=O) groups is 1. The van der Waals surface area contributed by atoms with Crippen LogP contribution >= 0.6 is 0 Å². The van der Waals surface area contributed by atoms with Crippen molar-refractivity contribution in [2.75, 3.05) is 25.6 Å². The molecular formula is C15H17N5O3. The van der Waals surface area contributed by atoms with Crippen LogP contribution in [0.25, 0.3) is 22.2 Å². The first-order valence-corrected chi connectivity index (χ1v) is 7.13. The molecule has 0 bridgehead atoms. The van der Waals surface area contributed by atoms with Gasteiger partial charge in [0.25, 0.3) is 0 Å². The van der Waals surface area contributed by atoms with E-state index in [4.69, 9.17) is 9.84 Å². The number of carboxylic acid groups (broad SMARTS) is 1. The molecule has 0 fully saturated rings. The Kier molecular flexibility index (Phi) is 4.24. The molecule has 3 aromatic heterocycles. The number of aromatic amines is 1. The number of rotatable bonds is 7. The first-order valence-electron chi connectivity index (χ1n) is 7.13. The number of H-pyrrole nitrogens is 1.